The lowest BCUT2D eigenvalue weighted by Gasteiger charge is -2.11. The Morgan fingerprint density at radius 3 is 2.35 bits per heavy atom. The summed E-state index contributed by atoms with van der Waals surface area (Å²) >= 11 is 12.6. The molecule has 31 heavy (non-hydrogen) atoms. The lowest BCUT2D eigenvalue weighted by Crippen LogP contribution is -2.30. The highest BCUT2D eigenvalue weighted by Crippen LogP contribution is 2.26. The van der Waals surface area contributed by atoms with Crippen LogP contribution < -0.4 is 16.0 Å². The predicted molar refractivity (Wildman–Crippen MR) is 121 cm³/mol. The van der Waals surface area contributed by atoms with Gasteiger partial charge in [-0.3, -0.25) is 5.32 Å². The molecule has 0 saturated carbocycles. The third kappa shape index (κ3) is 6.28. The molecule has 0 unspecified atom stereocenters. The number of amides is 2. The van der Waals surface area contributed by atoms with E-state index < -0.39 is 6.03 Å². The number of rotatable bonds is 7. The number of nitrogens with zero attached hydrogens (tertiary/aromatic N) is 4. The minimum absolute atomic E-state index is 0.0814. The van der Waals surface area contributed by atoms with Crippen molar-refractivity contribution >= 4 is 46.8 Å². The van der Waals surface area contributed by atoms with Crippen molar-refractivity contribution in [2.24, 2.45) is 0 Å². The Morgan fingerprint density at radius 1 is 1.03 bits per heavy atom. The third-order valence-corrected chi connectivity index (χ3v) is 4.82. The smallest absolute Gasteiger partial charge is 0.321 e. The van der Waals surface area contributed by atoms with Gasteiger partial charge in [0.25, 0.3) is 0 Å². The molecule has 0 aliphatic heterocycles. The number of benzene rings is 2. The highest BCUT2D eigenvalue weighted by Gasteiger charge is 2.13. The maximum Gasteiger partial charge on any atom is 0.321 e. The number of hydrogen-bond donors (Lipinski definition) is 3. The van der Waals surface area contributed by atoms with Gasteiger partial charge in [-0.1, -0.05) is 36.2 Å². The van der Waals surface area contributed by atoms with Gasteiger partial charge in [-0.05, 0) is 48.4 Å². The van der Waals surface area contributed by atoms with Crippen LogP contribution in [0.2, 0.25) is 10.0 Å². The van der Waals surface area contributed by atoms with Crippen molar-refractivity contribution in [3.05, 3.63) is 69.5 Å². The normalized spacial score (nSPS) is 10.3. The van der Waals surface area contributed by atoms with Crippen LogP contribution in [0.1, 0.15) is 30.3 Å². The van der Waals surface area contributed by atoms with E-state index >= 15 is 0 Å². The highest BCUT2D eigenvalue weighted by molar-refractivity contribution is 6.36. The molecule has 8 nitrogen and oxygen atoms in total. The van der Waals surface area contributed by atoms with Crippen LogP contribution in [-0.2, 0) is 6.42 Å². The van der Waals surface area contributed by atoms with E-state index in [0.717, 1.165) is 6.42 Å². The molecule has 0 fully saturated rings. The van der Waals surface area contributed by atoms with E-state index in [-0.39, 0.29) is 18.3 Å². The van der Waals surface area contributed by atoms with Crippen molar-refractivity contribution in [3.63, 3.8) is 0 Å². The predicted octanol–water partition coefficient (Wildman–Crippen LogP) is 4.92. The summed E-state index contributed by atoms with van der Waals surface area (Å²) in [5.74, 6) is 0.675. The monoisotopic (exact) mass is 455 g/mol. The fourth-order valence-corrected chi connectivity index (χ4v) is 3.14. The second-order valence-corrected chi connectivity index (χ2v) is 7.29. The van der Waals surface area contributed by atoms with Gasteiger partial charge in [0.15, 0.2) is 0 Å². The second-order valence-electron chi connectivity index (χ2n) is 6.47. The molecule has 3 aromatic rings. The lowest BCUT2D eigenvalue weighted by atomic mass is 10.1. The van der Waals surface area contributed by atoms with Gasteiger partial charge in [0, 0.05) is 28.7 Å². The molecule has 0 atom stereocenters. The van der Waals surface area contributed by atoms with Gasteiger partial charge in [0.2, 0.25) is 11.9 Å². The Balaban J connectivity index is 1.91. The Labute approximate surface area is 189 Å². The maximum atomic E-state index is 12.1. The summed E-state index contributed by atoms with van der Waals surface area (Å²) < 4.78 is 0. The zero-order chi connectivity index (χ0) is 22.2. The van der Waals surface area contributed by atoms with Gasteiger partial charge in [-0.15, -0.1) is 0 Å². The van der Waals surface area contributed by atoms with Crippen LogP contribution in [0.25, 0.3) is 0 Å². The van der Waals surface area contributed by atoms with Gasteiger partial charge < -0.3 is 10.6 Å². The van der Waals surface area contributed by atoms with Crippen molar-refractivity contribution in [2.45, 2.75) is 19.8 Å². The summed E-state index contributed by atoms with van der Waals surface area (Å²) in [4.78, 5) is 25.1. The summed E-state index contributed by atoms with van der Waals surface area (Å²) in [6, 6.07) is 13.7. The zero-order valence-corrected chi connectivity index (χ0v) is 18.1. The molecule has 10 heteroatoms. The molecular formula is C21H19Cl2N7O. The molecule has 0 aliphatic carbocycles. The third-order valence-electron chi connectivity index (χ3n) is 4.11. The summed E-state index contributed by atoms with van der Waals surface area (Å²) in [5.41, 5.74) is 1.88. The highest BCUT2D eigenvalue weighted by atomic mass is 35.5. The Morgan fingerprint density at radius 2 is 1.71 bits per heavy atom. The van der Waals surface area contributed by atoms with E-state index in [1.165, 1.54) is 0 Å². The van der Waals surface area contributed by atoms with Crippen LogP contribution in [0.5, 0.6) is 0 Å². The molecule has 158 valence electrons. The Bertz CT molecular complexity index is 1090. The summed E-state index contributed by atoms with van der Waals surface area (Å²) in [5, 5.41) is 18.3. The van der Waals surface area contributed by atoms with Crippen LogP contribution in [-0.4, -0.2) is 27.5 Å². The molecule has 0 saturated heterocycles. The first kappa shape index (κ1) is 22.3. The average molecular weight is 456 g/mol. The Kier molecular flexibility index (Phi) is 7.60. The molecule has 0 radical (unpaired) electrons. The fourth-order valence-electron chi connectivity index (χ4n) is 2.61. The van der Waals surface area contributed by atoms with E-state index in [2.05, 4.69) is 37.0 Å². The van der Waals surface area contributed by atoms with E-state index in [9.17, 15) is 4.79 Å². The van der Waals surface area contributed by atoms with Crippen molar-refractivity contribution in [1.82, 2.24) is 20.3 Å². The minimum Gasteiger partial charge on any atom is -0.338 e. The van der Waals surface area contributed by atoms with Gasteiger partial charge in [0.05, 0.1) is 11.6 Å². The van der Waals surface area contributed by atoms with Gasteiger partial charge in [0.1, 0.15) is 5.82 Å². The number of halogens is 2. The molecular weight excluding hydrogens is 437 g/mol. The summed E-state index contributed by atoms with van der Waals surface area (Å²) in [7, 11) is 0. The number of carbonyl (C=O) groups is 1. The molecule has 1 aromatic heterocycles. The van der Waals surface area contributed by atoms with Crippen molar-refractivity contribution in [2.75, 3.05) is 17.2 Å². The molecule has 3 N–H and O–H groups in total. The molecule has 0 bridgehead atoms. The van der Waals surface area contributed by atoms with Crippen LogP contribution in [0.15, 0.2) is 42.5 Å². The molecule has 2 aromatic carbocycles. The molecule has 2 amide bonds. The topological polar surface area (TPSA) is 116 Å². The summed E-state index contributed by atoms with van der Waals surface area (Å²) in [6.07, 6.45) is 1.04. The molecule has 3 rings (SSSR count). The minimum atomic E-state index is -0.418. The van der Waals surface area contributed by atoms with Gasteiger partial charge in [-0.25, -0.2) is 4.79 Å². The SMILES string of the molecule is CCCNC(=O)Nc1nc(Cc2c(Cl)cccc2Cl)nc(Nc2ccc(C#N)cc2)n1. The Hall–Kier alpha value is -3.41. The van der Waals surface area contributed by atoms with Crippen molar-refractivity contribution in [1.29, 1.82) is 5.26 Å². The van der Waals surface area contributed by atoms with Crippen LogP contribution in [0, 0.1) is 11.3 Å². The van der Waals surface area contributed by atoms with E-state index in [1.54, 1.807) is 42.5 Å². The van der Waals surface area contributed by atoms with Crippen LogP contribution in [0.3, 0.4) is 0 Å². The quantitative estimate of drug-likeness (QED) is 0.465. The first-order chi connectivity index (χ1) is 15.0. The number of urea groups is 1. The number of hydrogen-bond acceptors (Lipinski definition) is 6. The standard InChI is InChI=1S/C21H19Cl2N7O/c1-2-10-25-21(31)30-20-28-18(11-15-16(22)4-3-5-17(15)23)27-19(29-20)26-14-8-6-13(12-24)7-9-14/h3-9H,2,10-11H2,1H3,(H3,25,26,27,28,29,30,31). The number of carbonyl (C=O) groups excluding carboxylic acids is 1. The molecule has 0 spiro atoms. The lowest BCUT2D eigenvalue weighted by molar-refractivity contribution is 0.252. The van der Waals surface area contributed by atoms with Gasteiger partial charge >= 0.3 is 6.03 Å². The fraction of sp³-hybridized carbons (Fsp3) is 0.190. The number of anilines is 3. The largest absolute Gasteiger partial charge is 0.338 e. The van der Waals surface area contributed by atoms with E-state index in [4.69, 9.17) is 28.5 Å². The van der Waals surface area contributed by atoms with Crippen molar-refractivity contribution < 1.29 is 4.79 Å². The first-order valence-electron chi connectivity index (χ1n) is 9.48. The molecule has 0 aliphatic rings. The number of aromatic nitrogens is 3. The molecule has 1 heterocycles. The zero-order valence-electron chi connectivity index (χ0n) is 16.6. The van der Waals surface area contributed by atoms with Crippen molar-refractivity contribution in [3.8, 4) is 6.07 Å². The number of nitrogens with one attached hydrogen (secondary N) is 3. The summed E-state index contributed by atoms with van der Waals surface area (Å²) in [6.45, 7) is 2.48. The number of nitriles is 1. The maximum absolute atomic E-state index is 12.1. The van der Waals surface area contributed by atoms with Gasteiger partial charge in [-0.2, -0.15) is 20.2 Å². The first-order valence-corrected chi connectivity index (χ1v) is 10.2. The second kappa shape index (κ2) is 10.6. The van der Waals surface area contributed by atoms with Crippen LogP contribution >= 0.6 is 23.2 Å². The van der Waals surface area contributed by atoms with Crippen LogP contribution in [0.4, 0.5) is 22.4 Å². The average Bonchev–Trinajstić information content (AvgIpc) is 2.75. The van der Waals surface area contributed by atoms with E-state index in [0.29, 0.717) is 39.2 Å². The van der Waals surface area contributed by atoms with E-state index in [1.807, 2.05) is 6.92 Å².